The number of hydrogen-bond acceptors (Lipinski definition) is 4. The Morgan fingerprint density at radius 3 is 2.38 bits per heavy atom. The Kier molecular flexibility index (Phi) is 5.23. The highest BCUT2D eigenvalue weighted by atomic mass is 16.3. The van der Waals surface area contributed by atoms with E-state index in [0.29, 0.717) is 12.1 Å². The summed E-state index contributed by atoms with van der Waals surface area (Å²) in [4.78, 5) is 17.2. The predicted octanol–water partition coefficient (Wildman–Crippen LogP) is 4.19. The van der Waals surface area contributed by atoms with Crippen LogP contribution >= 0.6 is 0 Å². The number of aliphatic hydroxyl groups is 1. The Bertz CT molecular complexity index is 999. The third-order valence-corrected chi connectivity index (χ3v) is 5.32. The number of nitrogens with zero attached hydrogens (tertiary/aromatic N) is 2. The molecule has 2 N–H and O–H groups in total. The lowest BCUT2D eigenvalue weighted by molar-refractivity contribution is 0.0975. The highest BCUT2D eigenvalue weighted by Gasteiger charge is 2.33. The first-order chi connectivity index (χ1) is 14.1. The van der Waals surface area contributed by atoms with Crippen LogP contribution in [-0.4, -0.2) is 31.2 Å². The molecule has 5 nitrogen and oxygen atoms in total. The summed E-state index contributed by atoms with van der Waals surface area (Å²) in [5, 5.41) is 12.7. The van der Waals surface area contributed by atoms with Gasteiger partial charge in [0, 0.05) is 30.7 Å². The smallest absolute Gasteiger partial charge is 0.262 e. The predicted molar refractivity (Wildman–Crippen MR) is 118 cm³/mol. The molecular weight excluding hydrogens is 362 g/mol. The molecule has 0 bridgehead atoms. The summed E-state index contributed by atoms with van der Waals surface area (Å²) in [6.07, 6.45) is -0.308. The van der Waals surface area contributed by atoms with E-state index in [1.54, 1.807) is 0 Å². The fourth-order valence-corrected chi connectivity index (χ4v) is 3.65. The van der Waals surface area contributed by atoms with E-state index in [2.05, 4.69) is 5.32 Å². The Labute approximate surface area is 171 Å². The molecule has 0 saturated heterocycles. The molecule has 1 amide bonds. The Balaban J connectivity index is 1.74. The number of hydrogen-bond donors (Lipinski definition) is 2. The van der Waals surface area contributed by atoms with Gasteiger partial charge in [-0.2, -0.15) is 0 Å². The number of carbonyl (C=O) groups is 1. The highest BCUT2D eigenvalue weighted by molar-refractivity contribution is 6.12. The standard InChI is InChI=1S/C24H25N3O2/c1-17-7-11-20(12-8-17)27-23(25-22-6-4-3-5-21(22)24(27)29)18-9-13-19(14-10-18)26(2)15-16-28/h3-14,23,25,28H,15-16H2,1-2H3/t23-/m1/s1. The summed E-state index contributed by atoms with van der Waals surface area (Å²) in [6, 6.07) is 23.7. The van der Waals surface area contributed by atoms with Crippen LogP contribution < -0.4 is 15.1 Å². The minimum Gasteiger partial charge on any atom is -0.395 e. The topological polar surface area (TPSA) is 55.8 Å². The van der Waals surface area contributed by atoms with Crippen molar-refractivity contribution in [3.05, 3.63) is 89.5 Å². The van der Waals surface area contributed by atoms with Crippen molar-refractivity contribution in [2.45, 2.75) is 13.1 Å². The monoisotopic (exact) mass is 387 g/mol. The summed E-state index contributed by atoms with van der Waals surface area (Å²) in [5.74, 6) is -0.0188. The molecule has 148 valence electrons. The van der Waals surface area contributed by atoms with Crippen LogP contribution in [0, 0.1) is 6.92 Å². The Morgan fingerprint density at radius 1 is 1.00 bits per heavy atom. The van der Waals surface area contributed by atoms with Gasteiger partial charge in [0.1, 0.15) is 6.17 Å². The van der Waals surface area contributed by atoms with Crippen molar-refractivity contribution in [2.24, 2.45) is 0 Å². The quantitative estimate of drug-likeness (QED) is 0.689. The van der Waals surface area contributed by atoms with Crippen LogP contribution in [0.15, 0.2) is 72.8 Å². The zero-order valence-electron chi connectivity index (χ0n) is 16.7. The van der Waals surface area contributed by atoms with E-state index in [1.165, 1.54) is 0 Å². The molecule has 3 aromatic carbocycles. The lowest BCUT2D eigenvalue weighted by Crippen LogP contribution is -2.43. The van der Waals surface area contributed by atoms with Crippen LogP contribution in [-0.2, 0) is 0 Å². The zero-order chi connectivity index (χ0) is 20.4. The highest BCUT2D eigenvalue weighted by Crippen LogP contribution is 2.37. The number of amides is 1. The number of benzene rings is 3. The van der Waals surface area contributed by atoms with E-state index in [0.717, 1.165) is 28.2 Å². The maximum absolute atomic E-state index is 13.4. The zero-order valence-corrected chi connectivity index (χ0v) is 16.7. The van der Waals surface area contributed by atoms with Gasteiger partial charge in [-0.15, -0.1) is 0 Å². The van der Waals surface area contributed by atoms with Gasteiger partial charge in [-0.3, -0.25) is 9.69 Å². The van der Waals surface area contributed by atoms with Crippen LogP contribution in [0.5, 0.6) is 0 Å². The number of aryl methyl sites for hydroxylation is 1. The van der Waals surface area contributed by atoms with Gasteiger partial charge in [0.05, 0.1) is 12.2 Å². The molecule has 4 rings (SSSR count). The fourth-order valence-electron chi connectivity index (χ4n) is 3.65. The van der Waals surface area contributed by atoms with Crippen LogP contribution in [0.3, 0.4) is 0 Å². The van der Waals surface area contributed by atoms with E-state index in [9.17, 15) is 4.79 Å². The minimum absolute atomic E-state index is 0.0188. The van der Waals surface area contributed by atoms with E-state index in [1.807, 2.05) is 96.6 Å². The van der Waals surface area contributed by atoms with Crippen LogP contribution in [0.25, 0.3) is 0 Å². The second-order valence-corrected chi connectivity index (χ2v) is 7.34. The van der Waals surface area contributed by atoms with Crippen molar-refractivity contribution >= 4 is 23.0 Å². The van der Waals surface area contributed by atoms with E-state index >= 15 is 0 Å². The molecule has 29 heavy (non-hydrogen) atoms. The van der Waals surface area contributed by atoms with E-state index < -0.39 is 0 Å². The molecular formula is C24H25N3O2. The molecule has 1 aliphatic heterocycles. The lowest BCUT2D eigenvalue weighted by atomic mass is 10.0. The van der Waals surface area contributed by atoms with Crippen molar-refractivity contribution in [3.63, 3.8) is 0 Å². The summed E-state index contributed by atoms with van der Waals surface area (Å²) in [5.41, 5.74) is 5.53. The van der Waals surface area contributed by atoms with Gasteiger partial charge in [0.2, 0.25) is 0 Å². The van der Waals surface area contributed by atoms with Gasteiger partial charge in [0.15, 0.2) is 0 Å². The van der Waals surface area contributed by atoms with Gasteiger partial charge < -0.3 is 15.3 Å². The van der Waals surface area contributed by atoms with Gasteiger partial charge >= 0.3 is 0 Å². The number of nitrogens with one attached hydrogen (secondary N) is 1. The van der Waals surface area contributed by atoms with Gasteiger partial charge in [0.25, 0.3) is 5.91 Å². The first-order valence-electron chi connectivity index (χ1n) is 9.76. The normalized spacial score (nSPS) is 15.6. The van der Waals surface area contributed by atoms with Crippen molar-refractivity contribution in [1.29, 1.82) is 0 Å². The average molecular weight is 387 g/mol. The minimum atomic E-state index is -0.308. The number of para-hydroxylation sites is 1. The molecule has 0 aromatic heterocycles. The molecule has 3 aromatic rings. The van der Waals surface area contributed by atoms with Crippen molar-refractivity contribution < 1.29 is 9.90 Å². The maximum atomic E-state index is 13.4. The summed E-state index contributed by atoms with van der Waals surface area (Å²) < 4.78 is 0. The van der Waals surface area contributed by atoms with Crippen LogP contribution in [0.1, 0.15) is 27.7 Å². The summed E-state index contributed by atoms with van der Waals surface area (Å²) >= 11 is 0. The summed E-state index contributed by atoms with van der Waals surface area (Å²) in [7, 11) is 1.95. The van der Waals surface area contributed by atoms with Crippen molar-refractivity contribution in [2.75, 3.05) is 35.3 Å². The fraction of sp³-hybridized carbons (Fsp3) is 0.208. The number of likely N-dealkylation sites (N-methyl/N-ethyl adjacent to an activating group) is 1. The van der Waals surface area contributed by atoms with Gasteiger partial charge in [-0.25, -0.2) is 0 Å². The largest absolute Gasteiger partial charge is 0.395 e. The Morgan fingerprint density at radius 2 is 1.69 bits per heavy atom. The first kappa shape index (κ1) is 19.0. The molecule has 1 heterocycles. The van der Waals surface area contributed by atoms with Crippen LogP contribution in [0.2, 0.25) is 0 Å². The Hall–Kier alpha value is -3.31. The summed E-state index contributed by atoms with van der Waals surface area (Å²) in [6.45, 7) is 2.71. The number of fused-ring (bicyclic) bond motifs is 1. The maximum Gasteiger partial charge on any atom is 0.262 e. The van der Waals surface area contributed by atoms with Gasteiger partial charge in [-0.1, -0.05) is 42.0 Å². The molecule has 0 unspecified atom stereocenters. The average Bonchev–Trinajstić information content (AvgIpc) is 2.75. The molecule has 0 fully saturated rings. The number of carbonyl (C=O) groups excluding carboxylic acids is 1. The molecule has 0 spiro atoms. The van der Waals surface area contributed by atoms with Gasteiger partial charge in [-0.05, 0) is 48.9 Å². The SMILES string of the molecule is Cc1ccc(N2C(=O)c3ccccc3N[C@H]2c2ccc(N(C)CCO)cc2)cc1. The molecule has 0 saturated carbocycles. The third-order valence-electron chi connectivity index (χ3n) is 5.32. The second kappa shape index (κ2) is 7.97. The number of rotatable bonds is 5. The molecule has 1 aliphatic rings. The molecule has 0 aliphatic carbocycles. The lowest BCUT2D eigenvalue weighted by Gasteiger charge is -2.38. The van der Waals surface area contributed by atoms with Crippen molar-refractivity contribution in [3.8, 4) is 0 Å². The molecule has 1 atom stereocenters. The third kappa shape index (κ3) is 3.69. The number of aliphatic hydroxyl groups excluding tert-OH is 1. The number of anilines is 3. The van der Waals surface area contributed by atoms with E-state index in [4.69, 9.17) is 5.11 Å². The second-order valence-electron chi connectivity index (χ2n) is 7.34. The van der Waals surface area contributed by atoms with E-state index in [-0.39, 0.29) is 18.7 Å². The first-order valence-corrected chi connectivity index (χ1v) is 9.76. The molecule has 0 radical (unpaired) electrons. The van der Waals surface area contributed by atoms with Crippen LogP contribution in [0.4, 0.5) is 17.1 Å². The molecule has 5 heteroatoms. The van der Waals surface area contributed by atoms with Crippen molar-refractivity contribution in [1.82, 2.24) is 0 Å².